The molecule has 0 aromatic rings. The molecule has 2 unspecified atom stereocenters. The van der Waals surface area contributed by atoms with Crippen LogP contribution in [0, 0.1) is 5.92 Å². The molecule has 1 N–H and O–H groups in total. The fourth-order valence-electron chi connectivity index (χ4n) is 2.02. The molecule has 12 heavy (non-hydrogen) atoms. The van der Waals surface area contributed by atoms with Gasteiger partial charge in [0.25, 0.3) is 0 Å². The van der Waals surface area contributed by atoms with Gasteiger partial charge in [-0.1, -0.05) is 13.3 Å². The number of hydrogen-bond donors (Lipinski definition) is 1. The molecule has 1 saturated carbocycles. The molecule has 2 fully saturated rings. The Bertz CT molecular complexity index is 193. The zero-order valence-corrected chi connectivity index (χ0v) is 7.55. The Balaban J connectivity index is 1.90. The lowest BCUT2D eigenvalue weighted by Crippen LogP contribution is -2.47. The number of nitrogens with one attached hydrogen (secondary N) is 1. The third-order valence-electron chi connectivity index (χ3n) is 2.92. The number of rotatable bonds is 2. The zero-order valence-electron chi connectivity index (χ0n) is 7.55. The Labute approximate surface area is 73.1 Å². The predicted octanol–water partition coefficient (Wildman–Crippen LogP) is 1.20. The number of nitrogens with zero attached hydrogens (tertiary/aromatic N) is 1. The van der Waals surface area contributed by atoms with Gasteiger partial charge in [-0.25, -0.2) is 4.79 Å². The van der Waals surface area contributed by atoms with Crippen molar-refractivity contribution in [2.75, 3.05) is 13.1 Å². The van der Waals surface area contributed by atoms with Gasteiger partial charge in [0.05, 0.1) is 0 Å². The van der Waals surface area contributed by atoms with Crippen LogP contribution in [0.1, 0.15) is 26.2 Å². The molecule has 0 radical (unpaired) electrons. The van der Waals surface area contributed by atoms with Gasteiger partial charge in [0.1, 0.15) is 0 Å². The van der Waals surface area contributed by atoms with Crippen molar-refractivity contribution < 1.29 is 4.79 Å². The van der Waals surface area contributed by atoms with E-state index in [2.05, 4.69) is 12.2 Å². The summed E-state index contributed by atoms with van der Waals surface area (Å²) in [4.78, 5) is 13.4. The minimum atomic E-state index is 0.155. The topological polar surface area (TPSA) is 32.3 Å². The third kappa shape index (κ3) is 1.28. The lowest BCUT2D eigenvalue weighted by molar-refractivity contribution is 0.180. The van der Waals surface area contributed by atoms with E-state index in [9.17, 15) is 4.79 Å². The van der Waals surface area contributed by atoms with E-state index >= 15 is 0 Å². The van der Waals surface area contributed by atoms with Crippen LogP contribution in [0.15, 0.2) is 0 Å². The fraction of sp³-hybridized carbons (Fsp3) is 0.889. The standard InChI is InChI=1S/C9H16N2O/c1-2-7-6-8(7)11-5-3-4-10-9(11)12/h7-8H,2-6H2,1H3,(H,10,12). The van der Waals surface area contributed by atoms with Crippen molar-refractivity contribution in [3.8, 4) is 0 Å². The van der Waals surface area contributed by atoms with Gasteiger partial charge < -0.3 is 10.2 Å². The molecular weight excluding hydrogens is 152 g/mol. The molecule has 0 aromatic carbocycles. The summed E-state index contributed by atoms with van der Waals surface area (Å²) in [6, 6.07) is 0.720. The molecule has 0 bridgehead atoms. The summed E-state index contributed by atoms with van der Waals surface area (Å²) < 4.78 is 0. The van der Waals surface area contributed by atoms with Crippen molar-refractivity contribution in [3.05, 3.63) is 0 Å². The van der Waals surface area contributed by atoms with Gasteiger partial charge in [0.15, 0.2) is 0 Å². The molecule has 0 aromatic heterocycles. The Morgan fingerprint density at radius 3 is 3.08 bits per heavy atom. The maximum absolute atomic E-state index is 11.4. The molecule has 2 rings (SSSR count). The normalized spacial score (nSPS) is 34.8. The first kappa shape index (κ1) is 7.90. The second-order valence-corrected chi connectivity index (χ2v) is 3.75. The lowest BCUT2D eigenvalue weighted by Gasteiger charge is -2.27. The maximum atomic E-state index is 11.4. The zero-order chi connectivity index (χ0) is 8.55. The van der Waals surface area contributed by atoms with E-state index in [0.717, 1.165) is 25.4 Å². The number of urea groups is 1. The lowest BCUT2D eigenvalue weighted by atomic mass is 10.2. The average molecular weight is 168 g/mol. The minimum Gasteiger partial charge on any atom is -0.338 e. The van der Waals surface area contributed by atoms with Crippen molar-refractivity contribution in [2.45, 2.75) is 32.2 Å². The molecule has 0 spiro atoms. The molecule has 1 saturated heterocycles. The van der Waals surface area contributed by atoms with Crippen molar-refractivity contribution in [1.29, 1.82) is 0 Å². The van der Waals surface area contributed by atoms with Crippen LogP contribution >= 0.6 is 0 Å². The van der Waals surface area contributed by atoms with Gasteiger partial charge in [-0.15, -0.1) is 0 Å². The average Bonchev–Trinajstić information content (AvgIpc) is 2.84. The van der Waals surface area contributed by atoms with Crippen molar-refractivity contribution in [2.24, 2.45) is 5.92 Å². The Morgan fingerprint density at radius 2 is 2.50 bits per heavy atom. The molecule has 2 atom stereocenters. The summed E-state index contributed by atoms with van der Waals surface area (Å²) in [5, 5.41) is 2.89. The molecule has 2 aliphatic rings. The second-order valence-electron chi connectivity index (χ2n) is 3.75. The van der Waals surface area contributed by atoms with Crippen LogP contribution in [-0.4, -0.2) is 30.1 Å². The SMILES string of the molecule is CCC1CC1N1CCCNC1=O. The van der Waals surface area contributed by atoms with Gasteiger partial charge in [0.2, 0.25) is 0 Å². The molecule has 1 aliphatic heterocycles. The Hall–Kier alpha value is -0.730. The van der Waals surface area contributed by atoms with Crippen LogP contribution in [0.25, 0.3) is 0 Å². The molecule has 2 amide bonds. The van der Waals surface area contributed by atoms with Crippen LogP contribution in [0.2, 0.25) is 0 Å². The van der Waals surface area contributed by atoms with E-state index in [1.807, 2.05) is 4.90 Å². The highest BCUT2D eigenvalue weighted by Gasteiger charge is 2.42. The van der Waals surface area contributed by atoms with E-state index < -0.39 is 0 Å². The molecule has 1 aliphatic carbocycles. The number of hydrogen-bond acceptors (Lipinski definition) is 1. The van der Waals surface area contributed by atoms with Crippen LogP contribution in [-0.2, 0) is 0 Å². The predicted molar refractivity (Wildman–Crippen MR) is 46.9 cm³/mol. The maximum Gasteiger partial charge on any atom is 0.317 e. The van der Waals surface area contributed by atoms with Gasteiger partial charge >= 0.3 is 6.03 Å². The largest absolute Gasteiger partial charge is 0.338 e. The van der Waals surface area contributed by atoms with E-state index in [-0.39, 0.29) is 6.03 Å². The van der Waals surface area contributed by atoms with Crippen LogP contribution < -0.4 is 5.32 Å². The number of amides is 2. The third-order valence-corrected chi connectivity index (χ3v) is 2.92. The highest BCUT2D eigenvalue weighted by Crippen LogP contribution is 2.38. The molecule has 3 heteroatoms. The summed E-state index contributed by atoms with van der Waals surface area (Å²) >= 11 is 0. The van der Waals surface area contributed by atoms with E-state index in [1.165, 1.54) is 12.8 Å². The van der Waals surface area contributed by atoms with Crippen molar-refractivity contribution >= 4 is 6.03 Å². The van der Waals surface area contributed by atoms with E-state index in [0.29, 0.717) is 6.04 Å². The molecule has 1 heterocycles. The highest BCUT2D eigenvalue weighted by atomic mass is 16.2. The van der Waals surface area contributed by atoms with Crippen molar-refractivity contribution in [1.82, 2.24) is 10.2 Å². The Kier molecular flexibility index (Phi) is 1.95. The van der Waals surface area contributed by atoms with E-state index in [1.54, 1.807) is 0 Å². The van der Waals surface area contributed by atoms with Crippen molar-refractivity contribution in [3.63, 3.8) is 0 Å². The van der Waals surface area contributed by atoms with Gasteiger partial charge in [-0.05, 0) is 18.8 Å². The van der Waals surface area contributed by atoms with E-state index in [4.69, 9.17) is 0 Å². The first-order valence-corrected chi connectivity index (χ1v) is 4.87. The monoisotopic (exact) mass is 168 g/mol. The fourth-order valence-corrected chi connectivity index (χ4v) is 2.02. The van der Waals surface area contributed by atoms with Crippen LogP contribution in [0.4, 0.5) is 4.79 Å². The smallest absolute Gasteiger partial charge is 0.317 e. The first-order chi connectivity index (χ1) is 5.83. The first-order valence-electron chi connectivity index (χ1n) is 4.87. The summed E-state index contributed by atoms with van der Waals surface area (Å²) in [5.74, 6) is 0.786. The number of carbonyl (C=O) groups excluding carboxylic acids is 1. The van der Waals surface area contributed by atoms with Gasteiger partial charge in [-0.3, -0.25) is 0 Å². The summed E-state index contributed by atoms with van der Waals surface area (Å²) in [7, 11) is 0. The van der Waals surface area contributed by atoms with Crippen LogP contribution in [0.3, 0.4) is 0 Å². The minimum absolute atomic E-state index is 0.155. The number of carbonyl (C=O) groups is 1. The molecular formula is C9H16N2O. The summed E-state index contributed by atoms with van der Waals surface area (Å²) in [5.41, 5.74) is 0. The molecule has 3 nitrogen and oxygen atoms in total. The quantitative estimate of drug-likeness (QED) is 0.660. The highest BCUT2D eigenvalue weighted by molar-refractivity contribution is 5.75. The van der Waals surface area contributed by atoms with Gasteiger partial charge in [0, 0.05) is 19.1 Å². The second kappa shape index (κ2) is 2.96. The van der Waals surface area contributed by atoms with Crippen LogP contribution in [0.5, 0.6) is 0 Å². The summed E-state index contributed by atoms with van der Waals surface area (Å²) in [6.45, 7) is 4.03. The Morgan fingerprint density at radius 1 is 1.67 bits per heavy atom. The summed E-state index contributed by atoms with van der Waals surface area (Å²) in [6.07, 6.45) is 3.55. The van der Waals surface area contributed by atoms with Gasteiger partial charge in [-0.2, -0.15) is 0 Å². The molecule has 68 valence electrons.